The van der Waals surface area contributed by atoms with Crippen LogP contribution in [0.15, 0.2) is 18.2 Å². The third kappa shape index (κ3) is 4.80. The molecule has 0 aliphatic carbocycles. The Hall–Kier alpha value is -1.13. The Morgan fingerprint density at radius 2 is 2.11 bits per heavy atom. The van der Waals surface area contributed by atoms with Crippen molar-refractivity contribution >= 4 is 17.6 Å². The first kappa shape index (κ1) is 15.9. The Labute approximate surface area is 117 Å². The number of benzene rings is 1. The van der Waals surface area contributed by atoms with Crippen LogP contribution in [0.1, 0.15) is 38.7 Å². The highest BCUT2D eigenvalue weighted by Crippen LogP contribution is 2.27. The topological polar surface area (TPSA) is 46.5 Å². The van der Waals surface area contributed by atoms with Gasteiger partial charge in [0.2, 0.25) is 0 Å². The van der Waals surface area contributed by atoms with Crippen LogP contribution in [0, 0.1) is 5.82 Å². The molecule has 1 aromatic rings. The summed E-state index contributed by atoms with van der Waals surface area (Å²) >= 11 is 5.69. The van der Waals surface area contributed by atoms with Gasteiger partial charge in [0.25, 0.3) is 0 Å². The number of carbonyl (C=O) groups is 1. The van der Waals surface area contributed by atoms with E-state index < -0.39 is 23.3 Å². The number of aliphatic hydroxyl groups excluding tert-OH is 1. The fourth-order valence-electron chi connectivity index (χ4n) is 1.69. The zero-order chi connectivity index (χ0) is 14.6. The minimum Gasteiger partial charge on any atom is -0.460 e. The number of carbonyl (C=O) groups excluding carboxylic acids is 1. The van der Waals surface area contributed by atoms with Crippen molar-refractivity contribution in [2.24, 2.45) is 0 Å². The van der Waals surface area contributed by atoms with E-state index in [0.29, 0.717) is 0 Å². The van der Waals surface area contributed by atoms with Crippen LogP contribution in [0.4, 0.5) is 4.39 Å². The molecule has 5 heteroatoms. The maximum Gasteiger partial charge on any atom is 0.307 e. The molecule has 3 nitrogen and oxygen atoms in total. The Morgan fingerprint density at radius 1 is 1.47 bits per heavy atom. The van der Waals surface area contributed by atoms with Gasteiger partial charge in [0.1, 0.15) is 11.4 Å². The molecule has 0 saturated heterocycles. The molecule has 0 fully saturated rings. The normalized spacial score (nSPS) is 13.2. The van der Waals surface area contributed by atoms with E-state index in [0.717, 1.165) is 0 Å². The van der Waals surface area contributed by atoms with Crippen LogP contribution >= 0.6 is 11.6 Å². The molecule has 0 amide bonds. The van der Waals surface area contributed by atoms with Crippen LogP contribution < -0.4 is 0 Å². The summed E-state index contributed by atoms with van der Waals surface area (Å²) in [6, 6.07) is 4.51. The van der Waals surface area contributed by atoms with Gasteiger partial charge in [-0.15, -0.1) is 0 Å². The Bertz CT molecular complexity index is 454. The molecule has 1 aromatic carbocycles. The lowest BCUT2D eigenvalue weighted by Crippen LogP contribution is -2.25. The standard InChI is InChI=1S/C14H18ClFO3/c1-14(2,3)19-12(18)7-9(8-17)10-5-4-6-11(15)13(10)16/h4-6,9,17H,7-8H2,1-3H3/t9-/m1/s1. The van der Waals surface area contributed by atoms with Crippen molar-refractivity contribution < 1.29 is 19.0 Å². The highest BCUT2D eigenvalue weighted by atomic mass is 35.5. The fraction of sp³-hybridized carbons (Fsp3) is 0.500. The molecule has 0 bridgehead atoms. The highest BCUT2D eigenvalue weighted by Gasteiger charge is 2.23. The summed E-state index contributed by atoms with van der Waals surface area (Å²) in [4.78, 5) is 11.7. The van der Waals surface area contributed by atoms with Crippen molar-refractivity contribution in [3.8, 4) is 0 Å². The fourth-order valence-corrected chi connectivity index (χ4v) is 1.87. The summed E-state index contributed by atoms with van der Waals surface area (Å²) < 4.78 is 19.0. The van der Waals surface area contributed by atoms with Crippen molar-refractivity contribution in [3.63, 3.8) is 0 Å². The molecule has 1 rings (SSSR count). The minimum absolute atomic E-state index is 0.0276. The lowest BCUT2D eigenvalue weighted by Gasteiger charge is -2.22. The second-order valence-corrected chi connectivity index (χ2v) is 5.72. The lowest BCUT2D eigenvalue weighted by atomic mass is 9.96. The van der Waals surface area contributed by atoms with Crippen molar-refractivity contribution in [1.82, 2.24) is 0 Å². The van der Waals surface area contributed by atoms with E-state index in [4.69, 9.17) is 16.3 Å². The number of esters is 1. The summed E-state index contributed by atoms with van der Waals surface area (Å²) in [5.74, 6) is -1.74. The molecule has 1 N–H and O–H groups in total. The molecule has 0 aliphatic heterocycles. The monoisotopic (exact) mass is 288 g/mol. The largest absolute Gasteiger partial charge is 0.460 e. The Balaban J connectivity index is 2.84. The highest BCUT2D eigenvalue weighted by molar-refractivity contribution is 6.30. The molecule has 0 spiro atoms. The van der Waals surface area contributed by atoms with Gasteiger partial charge in [0.15, 0.2) is 0 Å². The second kappa shape index (κ2) is 6.35. The van der Waals surface area contributed by atoms with E-state index in [-0.39, 0.29) is 23.6 Å². The van der Waals surface area contributed by atoms with E-state index in [2.05, 4.69) is 0 Å². The van der Waals surface area contributed by atoms with Gasteiger partial charge in [-0.3, -0.25) is 4.79 Å². The molecule has 106 valence electrons. The second-order valence-electron chi connectivity index (χ2n) is 5.31. The first-order valence-electron chi connectivity index (χ1n) is 6.01. The van der Waals surface area contributed by atoms with E-state index in [1.54, 1.807) is 26.8 Å². The van der Waals surface area contributed by atoms with Crippen molar-refractivity contribution in [2.45, 2.75) is 38.7 Å². The third-order valence-electron chi connectivity index (χ3n) is 2.47. The van der Waals surface area contributed by atoms with Crippen molar-refractivity contribution in [2.75, 3.05) is 6.61 Å². The zero-order valence-corrected chi connectivity index (χ0v) is 12.0. The molecule has 0 saturated carbocycles. The third-order valence-corrected chi connectivity index (χ3v) is 2.77. The number of aliphatic hydroxyl groups is 1. The van der Waals surface area contributed by atoms with Crippen LogP contribution in [-0.4, -0.2) is 23.3 Å². The van der Waals surface area contributed by atoms with Crippen molar-refractivity contribution in [1.29, 1.82) is 0 Å². The van der Waals surface area contributed by atoms with Crippen LogP contribution in [0.5, 0.6) is 0 Å². The van der Waals surface area contributed by atoms with Gasteiger partial charge in [0.05, 0.1) is 18.1 Å². The van der Waals surface area contributed by atoms with E-state index in [1.165, 1.54) is 12.1 Å². The zero-order valence-electron chi connectivity index (χ0n) is 11.2. The van der Waals surface area contributed by atoms with Crippen LogP contribution in [0.25, 0.3) is 0 Å². The van der Waals surface area contributed by atoms with Gasteiger partial charge < -0.3 is 9.84 Å². The predicted molar refractivity (Wildman–Crippen MR) is 71.7 cm³/mol. The first-order valence-corrected chi connectivity index (χ1v) is 6.39. The van der Waals surface area contributed by atoms with Gasteiger partial charge >= 0.3 is 5.97 Å². The summed E-state index contributed by atoms with van der Waals surface area (Å²) in [6.45, 7) is 4.90. The molecule has 0 aliphatic rings. The summed E-state index contributed by atoms with van der Waals surface area (Å²) in [6.07, 6.45) is -0.0922. The molecule has 19 heavy (non-hydrogen) atoms. The van der Waals surface area contributed by atoms with Gasteiger partial charge in [-0.2, -0.15) is 0 Å². The lowest BCUT2D eigenvalue weighted by molar-refractivity contribution is -0.155. The quantitative estimate of drug-likeness (QED) is 0.865. The maximum absolute atomic E-state index is 13.8. The summed E-state index contributed by atoms with van der Waals surface area (Å²) in [7, 11) is 0. The summed E-state index contributed by atoms with van der Waals surface area (Å²) in [5, 5.41) is 9.30. The first-order chi connectivity index (χ1) is 8.74. The molecular formula is C14H18ClFO3. The average Bonchev–Trinajstić information content (AvgIpc) is 2.27. The minimum atomic E-state index is -0.659. The van der Waals surface area contributed by atoms with Gasteiger partial charge in [-0.1, -0.05) is 23.7 Å². The summed E-state index contributed by atoms with van der Waals surface area (Å²) in [5.41, 5.74) is -0.384. The number of hydrogen-bond acceptors (Lipinski definition) is 3. The van der Waals surface area contributed by atoms with Gasteiger partial charge in [-0.05, 0) is 32.4 Å². The van der Waals surface area contributed by atoms with Gasteiger partial charge in [0, 0.05) is 5.92 Å². The number of ether oxygens (including phenoxy) is 1. The molecule has 0 aromatic heterocycles. The molecule has 0 heterocycles. The van der Waals surface area contributed by atoms with E-state index in [1.807, 2.05) is 0 Å². The molecule has 0 unspecified atom stereocenters. The van der Waals surface area contributed by atoms with Crippen LogP contribution in [0.3, 0.4) is 0 Å². The molecule has 1 atom stereocenters. The number of hydrogen-bond donors (Lipinski definition) is 1. The van der Waals surface area contributed by atoms with Gasteiger partial charge in [-0.25, -0.2) is 4.39 Å². The van der Waals surface area contributed by atoms with Crippen LogP contribution in [0.2, 0.25) is 5.02 Å². The Morgan fingerprint density at radius 3 is 2.63 bits per heavy atom. The van der Waals surface area contributed by atoms with E-state index >= 15 is 0 Å². The number of rotatable bonds is 4. The maximum atomic E-state index is 13.8. The van der Waals surface area contributed by atoms with Crippen molar-refractivity contribution in [3.05, 3.63) is 34.6 Å². The molecule has 0 radical (unpaired) electrons. The average molecular weight is 289 g/mol. The smallest absolute Gasteiger partial charge is 0.307 e. The van der Waals surface area contributed by atoms with Crippen LogP contribution in [-0.2, 0) is 9.53 Å². The molecular weight excluding hydrogens is 271 g/mol. The SMILES string of the molecule is CC(C)(C)OC(=O)C[C@H](CO)c1cccc(Cl)c1F. The Kier molecular flexibility index (Phi) is 5.32. The number of halogens is 2. The van der Waals surface area contributed by atoms with E-state index in [9.17, 15) is 14.3 Å². The predicted octanol–water partition coefficient (Wildman–Crippen LogP) is 3.29.